The van der Waals surface area contributed by atoms with E-state index in [0.717, 1.165) is 4.57 Å². The summed E-state index contributed by atoms with van der Waals surface area (Å²) >= 11 is 0. The van der Waals surface area contributed by atoms with Crippen molar-refractivity contribution >= 4 is 5.91 Å². The van der Waals surface area contributed by atoms with Crippen LogP contribution < -0.4 is 22.3 Å². The number of aromatic nitrogens is 2. The van der Waals surface area contributed by atoms with Crippen molar-refractivity contribution in [1.82, 2.24) is 14.5 Å². The van der Waals surface area contributed by atoms with E-state index in [1.54, 1.807) is 7.11 Å². The third kappa shape index (κ3) is 5.52. The van der Waals surface area contributed by atoms with E-state index >= 15 is 0 Å². The highest BCUT2D eigenvalue weighted by molar-refractivity contribution is 5.75. The molecule has 1 aromatic rings. The van der Waals surface area contributed by atoms with Crippen LogP contribution in [0.15, 0.2) is 21.9 Å². The second-order valence-corrected chi connectivity index (χ2v) is 4.55. The number of hydrogen-bond acceptors (Lipinski definition) is 5. The van der Waals surface area contributed by atoms with Crippen LogP contribution >= 0.6 is 0 Å². The lowest BCUT2D eigenvalue weighted by molar-refractivity contribution is -0.121. The van der Waals surface area contributed by atoms with Crippen molar-refractivity contribution in [3.05, 3.63) is 33.1 Å². The second kappa shape index (κ2) is 9.09. The predicted octanol–water partition coefficient (Wildman–Crippen LogP) is -1.49. The third-order valence-corrected chi connectivity index (χ3v) is 2.89. The van der Waals surface area contributed by atoms with E-state index in [1.165, 1.54) is 16.8 Å². The minimum absolute atomic E-state index is 0.116. The molecule has 0 saturated carbocycles. The van der Waals surface area contributed by atoms with Gasteiger partial charge in [0.1, 0.15) is 6.54 Å². The summed E-state index contributed by atoms with van der Waals surface area (Å²) in [6, 6.07) is 1.27. The first kappa shape index (κ1) is 17.1. The Bertz CT molecular complexity index is 564. The lowest BCUT2D eigenvalue weighted by Crippen LogP contribution is -2.42. The Morgan fingerprint density at radius 1 is 1.38 bits per heavy atom. The molecular weight excluding hydrogens is 276 g/mol. The van der Waals surface area contributed by atoms with Crippen molar-refractivity contribution in [2.75, 3.05) is 26.8 Å². The largest absolute Gasteiger partial charge is 0.385 e. The van der Waals surface area contributed by atoms with E-state index in [-0.39, 0.29) is 24.6 Å². The molecule has 0 aliphatic heterocycles. The van der Waals surface area contributed by atoms with E-state index in [9.17, 15) is 14.4 Å². The van der Waals surface area contributed by atoms with Gasteiger partial charge in [-0.25, -0.2) is 4.79 Å². The molecule has 0 spiro atoms. The zero-order valence-electron chi connectivity index (χ0n) is 12.2. The summed E-state index contributed by atoms with van der Waals surface area (Å²) in [5.74, 6) is -0.280. The number of carbonyl (C=O) groups excluding carboxylic acids is 1. The lowest BCUT2D eigenvalue weighted by atomic mass is 10.4. The first-order valence-corrected chi connectivity index (χ1v) is 6.86. The number of methoxy groups -OCH3 is 1. The van der Waals surface area contributed by atoms with Crippen molar-refractivity contribution in [2.45, 2.75) is 25.9 Å². The molecule has 0 aliphatic rings. The highest BCUT2D eigenvalue weighted by Gasteiger charge is 2.08. The summed E-state index contributed by atoms with van der Waals surface area (Å²) in [6.45, 7) is 1.57. The number of ether oxygens (including phenoxy) is 1. The highest BCUT2D eigenvalue weighted by atomic mass is 16.5. The van der Waals surface area contributed by atoms with Gasteiger partial charge < -0.3 is 15.8 Å². The van der Waals surface area contributed by atoms with Gasteiger partial charge in [0, 0.05) is 39.1 Å². The molecule has 8 heteroatoms. The van der Waals surface area contributed by atoms with Crippen molar-refractivity contribution in [3.63, 3.8) is 0 Å². The molecular formula is C13H22N4O4. The summed E-state index contributed by atoms with van der Waals surface area (Å²) in [5, 5.41) is 2.68. The Morgan fingerprint density at radius 2 is 2.14 bits per heavy atom. The average molecular weight is 298 g/mol. The molecule has 3 N–H and O–H groups in total. The molecule has 0 aliphatic carbocycles. The fraction of sp³-hybridized carbons (Fsp3) is 0.615. The van der Waals surface area contributed by atoms with Gasteiger partial charge in [-0.05, 0) is 19.4 Å². The first-order valence-electron chi connectivity index (χ1n) is 6.86. The molecule has 1 heterocycles. The smallest absolute Gasteiger partial charge is 0.331 e. The maximum atomic E-state index is 12.1. The van der Waals surface area contributed by atoms with Gasteiger partial charge >= 0.3 is 5.69 Å². The maximum absolute atomic E-state index is 12.1. The van der Waals surface area contributed by atoms with Gasteiger partial charge in [-0.15, -0.1) is 0 Å². The fourth-order valence-corrected chi connectivity index (χ4v) is 1.79. The van der Waals surface area contributed by atoms with Crippen LogP contribution in [-0.2, 0) is 22.6 Å². The van der Waals surface area contributed by atoms with Gasteiger partial charge in [0.05, 0.1) is 0 Å². The summed E-state index contributed by atoms with van der Waals surface area (Å²) in [5.41, 5.74) is 4.49. The predicted molar refractivity (Wildman–Crippen MR) is 78.1 cm³/mol. The van der Waals surface area contributed by atoms with Crippen LogP contribution in [0, 0.1) is 0 Å². The van der Waals surface area contributed by atoms with Crippen LogP contribution in [0.4, 0.5) is 0 Å². The first-order chi connectivity index (χ1) is 10.1. The molecule has 0 atom stereocenters. The van der Waals surface area contributed by atoms with Crippen molar-refractivity contribution in [3.8, 4) is 0 Å². The van der Waals surface area contributed by atoms with Gasteiger partial charge in [-0.3, -0.25) is 18.7 Å². The van der Waals surface area contributed by atoms with E-state index in [2.05, 4.69) is 5.32 Å². The van der Waals surface area contributed by atoms with Crippen LogP contribution in [0.5, 0.6) is 0 Å². The normalized spacial score (nSPS) is 10.6. The molecule has 0 bridgehead atoms. The van der Waals surface area contributed by atoms with Gasteiger partial charge in [-0.1, -0.05) is 0 Å². The Kier molecular flexibility index (Phi) is 7.41. The Balaban J connectivity index is 2.69. The topological polar surface area (TPSA) is 108 Å². The molecule has 8 nitrogen and oxygen atoms in total. The molecule has 0 fully saturated rings. The number of nitrogens with one attached hydrogen (secondary N) is 1. The number of nitrogens with two attached hydrogens (primary N) is 1. The fourth-order valence-electron chi connectivity index (χ4n) is 1.79. The standard InChI is InChI=1S/C13H22N4O4/c1-21-9-3-6-15-11(18)10-16-8-4-12(19)17(13(16)20)7-2-5-14/h4,8H,2-3,5-7,9-10,14H2,1H3,(H,15,18). The Labute approximate surface area is 122 Å². The number of hydrogen-bond donors (Lipinski definition) is 2. The molecule has 0 saturated heterocycles. The summed E-state index contributed by atoms with van der Waals surface area (Å²) < 4.78 is 7.17. The van der Waals surface area contributed by atoms with Gasteiger partial charge in [-0.2, -0.15) is 0 Å². The van der Waals surface area contributed by atoms with Crippen LogP contribution in [0.25, 0.3) is 0 Å². The molecule has 0 radical (unpaired) electrons. The maximum Gasteiger partial charge on any atom is 0.331 e. The van der Waals surface area contributed by atoms with E-state index in [1.807, 2.05) is 0 Å². The summed E-state index contributed by atoms with van der Waals surface area (Å²) in [6.07, 6.45) is 2.56. The Hall–Kier alpha value is -1.93. The zero-order chi connectivity index (χ0) is 15.7. The van der Waals surface area contributed by atoms with E-state index < -0.39 is 5.69 Å². The number of rotatable bonds is 9. The third-order valence-electron chi connectivity index (χ3n) is 2.89. The second-order valence-electron chi connectivity index (χ2n) is 4.55. The van der Waals surface area contributed by atoms with Crippen molar-refractivity contribution < 1.29 is 9.53 Å². The SMILES string of the molecule is COCCCNC(=O)Cn1ccc(=O)n(CCCN)c1=O. The van der Waals surface area contributed by atoms with Crippen LogP contribution in [0.2, 0.25) is 0 Å². The average Bonchev–Trinajstić information content (AvgIpc) is 2.47. The molecule has 1 rings (SSSR count). The quantitative estimate of drug-likeness (QED) is 0.540. The van der Waals surface area contributed by atoms with Gasteiger partial charge in [0.2, 0.25) is 5.91 Å². The minimum atomic E-state index is -0.497. The van der Waals surface area contributed by atoms with E-state index in [0.29, 0.717) is 32.5 Å². The minimum Gasteiger partial charge on any atom is -0.385 e. The van der Waals surface area contributed by atoms with Crippen molar-refractivity contribution in [1.29, 1.82) is 0 Å². The number of nitrogens with zero attached hydrogens (tertiary/aromatic N) is 2. The molecule has 0 aromatic carbocycles. The molecule has 118 valence electrons. The molecule has 21 heavy (non-hydrogen) atoms. The summed E-state index contributed by atoms with van der Waals surface area (Å²) in [4.78, 5) is 35.4. The van der Waals surface area contributed by atoms with Crippen molar-refractivity contribution in [2.24, 2.45) is 5.73 Å². The highest BCUT2D eigenvalue weighted by Crippen LogP contribution is 1.84. The zero-order valence-corrected chi connectivity index (χ0v) is 12.2. The molecule has 1 aromatic heterocycles. The monoisotopic (exact) mass is 298 g/mol. The summed E-state index contributed by atoms with van der Waals surface area (Å²) in [7, 11) is 1.59. The number of carbonyl (C=O) groups is 1. The van der Waals surface area contributed by atoms with E-state index in [4.69, 9.17) is 10.5 Å². The van der Waals surface area contributed by atoms with Crippen LogP contribution in [-0.4, -0.2) is 41.8 Å². The van der Waals surface area contributed by atoms with Gasteiger partial charge in [0.15, 0.2) is 0 Å². The van der Waals surface area contributed by atoms with Crippen LogP contribution in [0.3, 0.4) is 0 Å². The van der Waals surface area contributed by atoms with Crippen LogP contribution in [0.1, 0.15) is 12.8 Å². The van der Waals surface area contributed by atoms with Gasteiger partial charge in [0.25, 0.3) is 5.56 Å². The lowest BCUT2D eigenvalue weighted by Gasteiger charge is -2.10. The molecule has 1 amide bonds. The number of amides is 1. The molecule has 0 unspecified atom stereocenters. The Morgan fingerprint density at radius 3 is 2.81 bits per heavy atom.